The fourth-order valence-corrected chi connectivity index (χ4v) is 3.84. The van der Waals surface area contributed by atoms with E-state index in [0.29, 0.717) is 22.7 Å². The van der Waals surface area contributed by atoms with Crippen molar-refractivity contribution in [3.05, 3.63) is 78.4 Å². The predicted octanol–water partition coefficient (Wildman–Crippen LogP) is 3.89. The fraction of sp³-hybridized carbons (Fsp3) is 0.259. The molecule has 1 N–H and O–H groups in total. The van der Waals surface area contributed by atoms with E-state index in [1.165, 1.54) is 0 Å². The molecule has 0 bridgehead atoms. The highest BCUT2D eigenvalue weighted by molar-refractivity contribution is 6.00. The molecule has 0 spiro atoms. The van der Waals surface area contributed by atoms with Gasteiger partial charge in [0.2, 0.25) is 11.8 Å². The van der Waals surface area contributed by atoms with Crippen molar-refractivity contribution in [2.24, 2.45) is 0 Å². The first-order valence-electron chi connectivity index (χ1n) is 11.5. The van der Waals surface area contributed by atoms with Crippen LogP contribution in [0.2, 0.25) is 0 Å². The molecule has 0 aliphatic carbocycles. The molecule has 9 heteroatoms. The van der Waals surface area contributed by atoms with Gasteiger partial charge in [-0.25, -0.2) is 4.68 Å². The number of aromatic nitrogens is 3. The van der Waals surface area contributed by atoms with Crippen molar-refractivity contribution in [2.75, 3.05) is 19.5 Å². The lowest BCUT2D eigenvalue weighted by atomic mass is 9.99. The monoisotopic (exact) mass is 487 g/mol. The second-order valence-electron chi connectivity index (χ2n) is 8.81. The zero-order chi connectivity index (χ0) is 25.7. The summed E-state index contributed by atoms with van der Waals surface area (Å²) in [5.41, 5.74) is 1.72. The molecule has 0 radical (unpaired) electrons. The maximum Gasteiger partial charge on any atom is 0.249 e. The molecule has 0 aliphatic heterocycles. The molecular formula is C27H29N5O4. The van der Waals surface area contributed by atoms with Crippen LogP contribution in [-0.4, -0.2) is 51.5 Å². The molecule has 2 amide bonds. The van der Waals surface area contributed by atoms with Gasteiger partial charge >= 0.3 is 0 Å². The Morgan fingerprint density at radius 1 is 0.917 bits per heavy atom. The average molecular weight is 488 g/mol. The number of nitrogens with zero attached hydrogens (tertiary/aromatic N) is 4. The zero-order valence-electron chi connectivity index (χ0n) is 20.8. The second kappa shape index (κ2) is 10.5. The number of carbonyl (C=O) groups excluding carboxylic acids is 2. The number of anilines is 1. The molecule has 0 aliphatic rings. The minimum absolute atomic E-state index is 0.0596. The van der Waals surface area contributed by atoms with Crippen molar-refractivity contribution >= 4 is 28.5 Å². The highest BCUT2D eigenvalue weighted by atomic mass is 16.5. The van der Waals surface area contributed by atoms with E-state index >= 15 is 0 Å². The maximum atomic E-state index is 13.7. The van der Waals surface area contributed by atoms with Gasteiger partial charge in [-0.3, -0.25) is 9.59 Å². The molecule has 0 fully saturated rings. The first kappa shape index (κ1) is 24.7. The molecule has 4 rings (SSSR count). The van der Waals surface area contributed by atoms with Crippen LogP contribution in [0.1, 0.15) is 19.4 Å². The summed E-state index contributed by atoms with van der Waals surface area (Å²) in [5, 5.41) is 11.2. The number of hydrogen-bond acceptors (Lipinski definition) is 6. The topological polar surface area (TPSA) is 98.6 Å². The van der Waals surface area contributed by atoms with E-state index in [0.717, 1.165) is 11.1 Å². The van der Waals surface area contributed by atoms with Crippen molar-refractivity contribution in [1.82, 2.24) is 19.9 Å². The van der Waals surface area contributed by atoms with Crippen molar-refractivity contribution < 1.29 is 19.1 Å². The minimum atomic E-state index is -1.19. The Hall–Kier alpha value is -4.40. The molecular weight excluding hydrogens is 458 g/mol. The van der Waals surface area contributed by atoms with E-state index in [2.05, 4.69) is 15.6 Å². The summed E-state index contributed by atoms with van der Waals surface area (Å²) < 4.78 is 12.0. The van der Waals surface area contributed by atoms with Crippen LogP contribution in [0.4, 0.5) is 5.69 Å². The average Bonchev–Trinajstić information content (AvgIpc) is 3.30. The summed E-state index contributed by atoms with van der Waals surface area (Å²) in [6, 6.07) is 21.9. The number of benzene rings is 3. The summed E-state index contributed by atoms with van der Waals surface area (Å²) in [5.74, 6) is 0.806. The number of para-hydroxylation sites is 1. The van der Waals surface area contributed by atoms with Crippen LogP contribution in [-0.2, 0) is 22.7 Å². The standard InChI is InChI=1S/C27H29N5O4/c1-27(2,26(34)28-20-11-15-22(36-4)16-12-20)31(17-19-9-13-21(35-3)14-10-19)25(33)18-32-24-8-6-5-7-23(24)29-30-32/h5-16H,17-18H2,1-4H3,(H,28,34). The third-order valence-corrected chi connectivity index (χ3v) is 6.08. The Labute approximate surface area is 209 Å². The number of nitrogens with one attached hydrogen (secondary N) is 1. The summed E-state index contributed by atoms with van der Waals surface area (Å²) in [7, 11) is 3.18. The van der Waals surface area contributed by atoms with Gasteiger partial charge < -0.3 is 19.7 Å². The van der Waals surface area contributed by atoms with E-state index in [1.54, 1.807) is 61.9 Å². The van der Waals surface area contributed by atoms with E-state index in [9.17, 15) is 9.59 Å². The molecule has 1 aromatic heterocycles. The molecule has 36 heavy (non-hydrogen) atoms. The van der Waals surface area contributed by atoms with Crippen LogP contribution >= 0.6 is 0 Å². The number of rotatable bonds is 9. The lowest BCUT2D eigenvalue weighted by Crippen LogP contribution is -2.55. The van der Waals surface area contributed by atoms with Gasteiger partial charge in [0.1, 0.15) is 29.1 Å². The Morgan fingerprint density at radius 3 is 2.17 bits per heavy atom. The normalized spacial score (nSPS) is 11.2. The Balaban J connectivity index is 1.61. The molecule has 0 saturated heterocycles. The van der Waals surface area contributed by atoms with Gasteiger partial charge in [-0.05, 0) is 67.9 Å². The highest BCUT2D eigenvalue weighted by Gasteiger charge is 2.38. The Morgan fingerprint density at radius 2 is 1.53 bits per heavy atom. The van der Waals surface area contributed by atoms with Crippen LogP contribution in [0.25, 0.3) is 11.0 Å². The van der Waals surface area contributed by atoms with Crippen molar-refractivity contribution in [3.8, 4) is 11.5 Å². The molecule has 3 aromatic carbocycles. The van der Waals surface area contributed by atoms with Gasteiger partial charge in [-0.1, -0.05) is 29.5 Å². The molecule has 0 atom stereocenters. The minimum Gasteiger partial charge on any atom is -0.497 e. The predicted molar refractivity (Wildman–Crippen MR) is 137 cm³/mol. The van der Waals surface area contributed by atoms with Crippen molar-refractivity contribution in [2.45, 2.75) is 32.5 Å². The van der Waals surface area contributed by atoms with Gasteiger partial charge in [0, 0.05) is 12.2 Å². The Bertz CT molecular complexity index is 1350. The third kappa shape index (κ3) is 5.30. The number of methoxy groups -OCH3 is 2. The summed E-state index contributed by atoms with van der Waals surface area (Å²) in [6.07, 6.45) is 0. The molecule has 0 unspecified atom stereocenters. The lowest BCUT2D eigenvalue weighted by Gasteiger charge is -2.37. The van der Waals surface area contributed by atoms with Gasteiger partial charge in [0.05, 0.1) is 19.7 Å². The highest BCUT2D eigenvalue weighted by Crippen LogP contribution is 2.24. The number of hydrogen-bond donors (Lipinski definition) is 1. The largest absolute Gasteiger partial charge is 0.497 e. The molecule has 4 aromatic rings. The van der Waals surface area contributed by atoms with E-state index in [-0.39, 0.29) is 24.9 Å². The quantitative estimate of drug-likeness (QED) is 0.385. The number of fused-ring (bicyclic) bond motifs is 1. The first-order valence-corrected chi connectivity index (χ1v) is 11.5. The maximum absolute atomic E-state index is 13.7. The van der Waals surface area contributed by atoms with Crippen molar-refractivity contribution in [1.29, 1.82) is 0 Å². The SMILES string of the molecule is COc1ccc(CN(C(=O)Cn2nnc3ccccc32)C(C)(C)C(=O)Nc2ccc(OC)cc2)cc1. The first-order chi connectivity index (χ1) is 17.3. The van der Waals surface area contributed by atoms with Gasteiger partial charge in [-0.2, -0.15) is 0 Å². The molecule has 1 heterocycles. The summed E-state index contributed by atoms with van der Waals surface area (Å²) in [6.45, 7) is 3.62. The van der Waals surface area contributed by atoms with Crippen LogP contribution in [0.15, 0.2) is 72.8 Å². The molecule has 186 valence electrons. The Kier molecular flexibility index (Phi) is 7.19. The smallest absolute Gasteiger partial charge is 0.249 e. The summed E-state index contributed by atoms with van der Waals surface area (Å²) >= 11 is 0. The van der Waals surface area contributed by atoms with Crippen LogP contribution < -0.4 is 14.8 Å². The third-order valence-electron chi connectivity index (χ3n) is 6.08. The summed E-state index contributed by atoms with van der Waals surface area (Å²) in [4.78, 5) is 28.7. The van der Waals surface area contributed by atoms with Gasteiger partial charge in [0.25, 0.3) is 0 Å². The molecule has 0 saturated carbocycles. The van der Waals surface area contributed by atoms with E-state index < -0.39 is 5.54 Å². The lowest BCUT2D eigenvalue weighted by molar-refractivity contribution is -0.145. The molecule has 9 nitrogen and oxygen atoms in total. The number of amides is 2. The van der Waals surface area contributed by atoms with Gasteiger partial charge in [0.15, 0.2) is 0 Å². The fourth-order valence-electron chi connectivity index (χ4n) is 3.84. The zero-order valence-corrected chi connectivity index (χ0v) is 20.8. The van der Waals surface area contributed by atoms with Crippen molar-refractivity contribution in [3.63, 3.8) is 0 Å². The van der Waals surface area contributed by atoms with Crippen LogP contribution in [0, 0.1) is 0 Å². The van der Waals surface area contributed by atoms with Gasteiger partial charge in [-0.15, -0.1) is 5.10 Å². The van der Waals surface area contributed by atoms with Crippen LogP contribution in [0.5, 0.6) is 11.5 Å². The van der Waals surface area contributed by atoms with Crippen LogP contribution in [0.3, 0.4) is 0 Å². The number of ether oxygens (including phenoxy) is 2. The van der Waals surface area contributed by atoms with E-state index in [4.69, 9.17) is 9.47 Å². The van der Waals surface area contributed by atoms with E-state index in [1.807, 2.05) is 48.5 Å². The number of carbonyl (C=O) groups is 2. The second-order valence-corrected chi connectivity index (χ2v) is 8.81.